The molecule has 14 heavy (non-hydrogen) atoms. The second-order valence-electron chi connectivity index (χ2n) is 3.00. The molecular formula is C9H11IN2O2. The Morgan fingerprint density at radius 3 is 2.71 bits per heavy atom. The van der Waals surface area contributed by atoms with Crippen molar-refractivity contribution in [3.8, 4) is 0 Å². The number of aliphatic carboxylic acids is 1. The van der Waals surface area contributed by atoms with Crippen molar-refractivity contribution in [2.45, 2.75) is 12.5 Å². The molecule has 1 aromatic rings. The summed E-state index contributed by atoms with van der Waals surface area (Å²) < 4.78 is 0.915. The number of carboxylic acid groups (broad SMARTS) is 1. The first-order chi connectivity index (χ1) is 6.50. The highest BCUT2D eigenvalue weighted by Gasteiger charge is 2.12. The van der Waals surface area contributed by atoms with Gasteiger partial charge in [0.2, 0.25) is 0 Å². The topological polar surface area (TPSA) is 89.3 Å². The van der Waals surface area contributed by atoms with E-state index in [1.165, 1.54) is 0 Å². The van der Waals surface area contributed by atoms with Crippen molar-refractivity contribution in [3.05, 3.63) is 27.3 Å². The fourth-order valence-electron chi connectivity index (χ4n) is 1.04. The van der Waals surface area contributed by atoms with Crippen molar-refractivity contribution in [1.82, 2.24) is 0 Å². The van der Waals surface area contributed by atoms with Crippen molar-refractivity contribution in [1.29, 1.82) is 0 Å². The average molecular weight is 306 g/mol. The molecule has 0 amide bonds. The Labute approximate surface area is 95.4 Å². The molecule has 1 atom stereocenters. The monoisotopic (exact) mass is 306 g/mol. The van der Waals surface area contributed by atoms with Gasteiger partial charge in [-0.05, 0) is 46.7 Å². The van der Waals surface area contributed by atoms with Gasteiger partial charge in [-0.1, -0.05) is 6.07 Å². The number of benzene rings is 1. The van der Waals surface area contributed by atoms with Crippen molar-refractivity contribution in [2.75, 3.05) is 5.73 Å². The number of nitrogens with two attached hydrogens (primary N) is 2. The maximum atomic E-state index is 10.5. The van der Waals surface area contributed by atoms with Crippen LogP contribution in [-0.2, 0) is 11.2 Å². The molecule has 4 nitrogen and oxygen atoms in total. The van der Waals surface area contributed by atoms with E-state index in [2.05, 4.69) is 22.6 Å². The summed E-state index contributed by atoms with van der Waals surface area (Å²) in [6, 6.07) is 4.54. The van der Waals surface area contributed by atoms with Crippen LogP contribution in [0, 0.1) is 3.57 Å². The largest absolute Gasteiger partial charge is 0.480 e. The molecule has 0 heterocycles. The average Bonchev–Trinajstić information content (AvgIpc) is 2.11. The summed E-state index contributed by atoms with van der Waals surface area (Å²) in [6.07, 6.45) is 0.325. The van der Waals surface area contributed by atoms with Gasteiger partial charge in [-0.25, -0.2) is 0 Å². The van der Waals surface area contributed by atoms with E-state index in [0.29, 0.717) is 12.1 Å². The van der Waals surface area contributed by atoms with E-state index >= 15 is 0 Å². The van der Waals surface area contributed by atoms with Crippen LogP contribution in [0.1, 0.15) is 5.56 Å². The molecule has 0 bridgehead atoms. The number of carboxylic acids is 1. The summed E-state index contributed by atoms with van der Waals surface area (Å²) in [5.74, 6) is -0.989. The van der Waals surface area contributed by atoms with Gasteiger partial charge in [0.15, 0.2) is 0 Å². The molecule has 0 aliphatic rings. The fourth-order valence-corrected chi connectivity index (χ4v) is 1.62. The summed E-state index contributed by atoms with van der Waals surface area (Å²) in [5.41, 5.74) is 12.6. The van der Waals surface area contributed by atoms with Crippen molar-refractivity contribution in [3.63, 3.8) is 0 Å². The Kier molecular flexibility index (Phi) is 3.70. The third-order valence-electron chi connectivity index (χ3n) is 1.84. The number of rotatable bonds is 3. The van der Waals surface area contributed by atoms with E-state index in [1.54, 1.807) is 12.1 Å². The lowest BCUT2D eigenvalue weighted by Gasteiger charge is -2.07. The molecule has 0 fully saturated rings. The normalized spacial score (nSPS) is 12.4. The van der Waals surface area contributed by atoms with Crippen LogP contribution < -0.4 is 11.5 Å². The molecule has 5 heteroatoms. The highest BCUT2D eigenvalue weighted by atomic mass is 127. The van der Waals surface area contributed by atoms with Crippen LogP contribution in [0.2, 0.25) is 0 Å². The van der Waals surface area contributed by atoms with E-state index in [4.69, 9.17) is 16.6 Å². The lowest BCUT2D eigenvalue weighted by atomic mass is 10.1. The van der Waals surface area contributed by atoms with E-state index in [-0.39, 0.29) is 0 Å². The highest BCUT2D eigenvalue weighted by molar-refractivity contribution is 14.1. The fraction of sp³-hybridized carbons (Fsp3) is 0.222. The Hall–Kier alpha value is -0.820. The maximum absolute atomic E-state index is 10.5. The number of halogens is 1. The van der Waals surface area contributed by atoms with Crippen molar-refractivity contribution in [2.24, 2.45) is 5.73 Å². The van der Waals surface area contributed by atoms with Gasteiger partial charge in [0, 0.05) is 9.26 Å². The zero-order chi connectivity index (χ0) is 10.7. The number of nitrogen functional groups attached to an aromatic ring is 1. The van der Waals surface area contributed by atoms with E-state index < -0.39 is 12.0 Å². The molecule has 76 valence electrons. The molecule has 1 aromatic carbocycles. The molecule has 0 aromatic heterocycles. The van der Waals surface area contributed by atoms with Gasteiger partial charge < -0.3 is 16.6 Å². The summed E-state index contributed by atoms with van der Waals surface area (Å²) >= 11 is 2.10. The summed E-state index contributed by atoms with van der Waals surface area (Å²) in [7, 11) is 0. The summed E-state index contributed by atoms with van der Waals surface area (Å²) in [4.78, 5) is 10.5. The first kappa shape index (κ1) is 11.3. The van der Waals surface area contributed by atoms with E-state index in [1.807, 2.05) is 6.07 Å². The van der Waals surface area contributed by atoms with Crippen LogP contribution in [-0.4, -0.2) is 17.1 Å². The van der Waals surface area contributed by atoms with Gasteiger partial charge in [-0.15, -0.1) is 0 Å². The van der Waals surface area contributed by atoms with Crippen LogP contribution >= 0.6 is 22.6 Å². The minimum Gasteiger partial charge on any atom is -0.480 e. The van der Waals surface area contributed by atoms with Crippen LogP contribution in [0.5, 0.6) is 0 Å². The van der Waals surface area contributed by atoms with Crippen LogP contribution in [0.3, 0.4) is 0 Å². The zero-order valence-electron chi connectivity index (χ0n) is 7.40. The second-order valence-corrected chi connectivity index (χ2v) is 4.17. The summed E-state index contributed by atoms with van der Waals surface area (Å²) in [5, 5.41) is 8.62. The van der Waals surface area contributed by atoms with Gasteiger partial charge in [-0.2, -0.15) is 0 Å². The number of hydrogen-bond acceptors (Lipinski definition) is 3. The van der Waals surface area contributed by atoms with Gasteiger partial charge in [0.1, 0.15) is 6.04 Å². The molecule has 0 saturated carbocycles. The van der Waals surface area contributed by atoms with Crippen LogP contribution in [0.25, 0.3) is 0 Å². The number of hydrogen-bond donors (Lipinski definition) is 3. The van der Waals surface area contributed by atoms with Crippen LogP contribution in [0.15, 0.2) is 18.2 Å². The Bertz CT molecular complexity index is 355. The molecule has 5 N–H and O–H groups in total. The first-order valence-corrected chi connectivity index (χ1v) is 5.11. The molecule has 1 unspecified atom stereocenters. The molecule has 0 spiro atoms. The minimum absolute atomic E-state index is 0.325. The standard InChI is InChI=1S/C9H11IN2O2/c10-6-3-5(1-2-7(6)11)4-8(12)9(13)14/h1-3,8H,4,11-12H2,(H,13,14). The van der Waals surface area contributed by atoms with E-state index in [9.17, 15) is 4.79 Å². The third kappa shape index (κ3) is 2.85. The summed E-state index contributed by atoms with van der Waals surface area (Å²) in [6.45, 7) is 0. The smallest absolute Gasteiger partial charge is 0.320 e. The van der Waals surface area contributed by atoms with Crippen molar-refractivity contribution >= 4 is 34.2 Å². The van der Waals surface area contributed by atoms with Crippen LogP contribution in [0.4, 0.5) is 5.69 Å². The van der Waals surface area contributed by atoms with Gasteiger partial charge in [0.25, 0.3) is 0 Å². The van der Waals surface area contributed by atoms with Gasteiger partial charge in [-0.3, -0.25) is 4.79 Å². The molecule has 0 saturated heterocycles. The maximum Gasteiger partial charge on any atom is 0.320 e. The predicted molar refractivity (Wildman–Crippen MR) is 62.9 cm³/mol. The quantitative estimate of drug-likeness (QED) is 0.570. The van der Waals surface area contributed by atoms with Crippen molar-refractivity contribution < 1.29 is 9.90 Å². The SMILES string of the molecule is Nc1ccc(CC(N)C(=O)O)cc1I. The highest BCUT2D eigenvalue weighted by Crippen LogP contribution is 2.16. The van der Waals surface area contributed by atoms with Gasteiger partial charge in [0.05, 0.1) is 0 Å². The Balaban J connectivity index is 2.78. The molecule has 0 aliphatic carbocycles. The first-order valence-electron chi connectivity index (χ1n) is 4.03. The zero-order valence-corrected chi connectivity index (χ0v) is 9.56. The van der Waals surface area contributed by atoms with Gasteiger partial charge >= 0.3 is 5.97 Å². The Morgan fingerprint density at radius 1 is 1.57 bits per heavy atom. The second kappa shape index (κ2) is 4.61. The molecular weight excluding hydrogens is 295 g/mol. The number of anilines is 1. The molecule has 0 radical (unpaired) electrons. The Morgan fingerprint density at radius 2 is 2.21 bits per heavy atom. The molecule has 1 rings (SSSR count). The third-order valence-corrected chi connectivity index (χ3v) is 2.77. The lowest BCUT2D eigenvalue weighted by Crippen LogP contribution is -2.32. The molecule has 0 aliphatic heterocycles. The number of carbonyl (C=O) groups is 1. The minimum atomic E-state index is -0.989. The van der Waals surface area contributed by atoms with E-state index in [0.717, 1.165) is 9.13 Å². The predicted octanol–water partition coefficient (Wildman–Crippen LogP) is 0.828. The lowest BCUT2D eigenvalue weighted by molar-refractivity contribution is -0.138.